The van der Waals surface area contributed by atoms with Gasteiger partial charge in [-0.15, -0.1) is 0 Å². The second-order valence-electron chi connectivity index (χ2n) is 6.72. The Labute approximate surface area is 156 Å². The number of nitrogens with one attached hydrogen (secondary N) is 1. The molecule has 0 unspecified atom stereocenters. The number of primary amides is 1. The van der Waals surface area contributed by atoms with Gasteiger partial charge in [-0.25, -0.2) is 0 Å². The molecule has 0 bridgehead atoms. The minimum atomic E-state index is -0.898. The first-order valence-corrected chi connectivity index (χ1v) is 8.84. The van der Waals surface area contributed by atoms with E-state index >= 15 is 0 Å². The van der Waals surface area contributed by atoms with Gasteiger partial charge in [0.1, 0.15) is 5.56 Å². The normalized spacial score (nSPS) is 19.2. The van der Waals surface area contributed by atoms with Crippen LogP contribution in [-0.2, 0) is 11.2 Å². The molecule has 1 heterocycles. The van der Waals surface area contributed by atoms with E-state index in [4.69, 9.17) is 10.8 Å². The first-order chi connectivity index (χ1) is 13.0. The molecule has 1 saturated carbocycles. The van der Waals surface area contributed by atoms with Crippen LogP contribution in [0.5, 0.6) is 0 Å². The van der Waals surface area contributed by atoms with Crippen molar-refractivity contribution in [1.29, 1.82) is 5.26 Å². The van der Waals surface area contributed by atoms with E-state index in [1.165, 1.54) is 0 Å². The Morgan fingerprint density at radius 3 is 2.63 bits per heavy atom. The minimum absolute atomic E-state index is 0.0569. The van der Waals surface area contributed by atoms with Crippen LogP contribution in [0, 0.1) is 17.2 Å². The Hall–Kier alpha value is -3.34. The Balaban J connectivity index is 1.84. The van der Waals surface area contributed by atoms with E-state index in [-0.39, 0.29) is 23.9 Å². The van der Waals surface area contributed by atoms with Gasteiger partial charge in [0.05, 0.1) is 24.4 Å². The monoisotopic (exact) mass is 367 g/mol. The number of benzene rings is 1. The lowest BCUT2D eigenvalue weighted by molar-refractivity contribution is -0.136. The van der Waals surface area contributed by atoms with Crippen LogP contribution < -0.4 is 11.1 Å². The zero-order chi connectivity index (χ0) is 19.4. The van der Waals surface area contributed by atoms with Crippen LogP contribution in [-0.4, -0.2) is 26.8 Å². The molecule has 8 nitrogen and oxygen atoms in total. The van der Waals surface area contributed by atoms with Crippen LogP contribution in [0.3, 0.4) is 0 Å². The number of hydrogen-bond acceptors (Lipinski definition) is 5. The molecular weight excluding hydrogens is 346 g/mol. The summed E-state index contributed by atoms with van der Waals surface area (Å²) in [6.07, 6.45) is 5.24. The van der Waals surface area contributed by atoms with Gasteiger partial charge in [0.2, 0.25) is 0 Å². The first-order valence-electron chi connectivity index (χ1n) is 8.84. The maximum absolute atomic E-state index is 11.8. The number of carboxylic acid groups (broad SMARTS) is 1. The van der Waals surface area contributed by atoms with Gasteiger partial charge in [0.25, 0.3) is 5.91 Å². The van der Waals surface area contributed by atoms with E-state index < -0.39 is 11.9 Å². The van der Waals surface area contributed by atoms with E-state index in [1.54, 1.807) is 35.1 Å². The highest BCUT2D eigenvalue weighted by molar-refractivity contribution is 5.98. The molecule has 1 aromatic carbocycles. The SMILES string of the molecule is N#C[C@H]1CCCC[C@@H]1n1cc(C(N)=O)c(Nc2ccc(CC(=O)O)cc2)n1. The van der Waals surface area contributed by atoms with Crippen LogP contribution in [0.1, 0.15) is 47.6 Å². The van der Waals surface area contributed by atoms with Crippen LogP contribution in [0.4, 0.5) is 11.5 Å². The van der Waals surface area contributed by atoms with Crippen molar-refractivity contribution in [1.82, 2.24) is 9.78 Å². The fourth-order valence-electron chi connectivity index (χ4n) is 3.43. The minimum Gasteiger partial charge on any atom is -0.481 e. The number of aromatic nitrogens is 2. The first kappa shape index (κ1) is 18.5. The fraction of sp³-hybridized carbons (Fsp3) is 0.368. The zero-order valence-corrected chi connectivity index (χ0v) is 14.8. The standard InChI is InChI=1S/C19H21N5O3/c20-10-13-3-1-2-4-16(13)24-11-15(18(21)27)19(23-24)22-14-7-5-12(6-8-14)9-17(25)26/h5-8,11,13,16H,1-4,9H2,(H2,21,27)(H,22,23)(H,25,26)/t13-,16+/m1/s1. The van der Waals surface area contributed by atoms with Crippen molar-refractivity contribution in [2.45, 2.75) is 38.1 Å². The summed E-state index contributed by atoms with van der Waals surface area (Å²) in [7, 11) is 0. The number of aliphatic carboxylic acids is 1. The summed E-state index contributed by atoms with van der Waals surface area (Å²) >= 11 is 0. The van der Waals surface area contributed by atoms with Crippen LogP contribution >= 0.6 is 0 Å². The Bertz CT molecular complexity index is 882. The molecule has 1 aliphatic rings. The topological polar surface area (TPSA) is 134 Å². The molecule has 2 atom stereocenters. The number of nitrogens with two attached hydrogens (primary N) is 1. The van der Waals surface area contributed by atoms with Gasteiger partial charge in [-0.2, -0.15) is 10.4 Å². The third-order valence-corrected chi connectivity index (χ3v) is 4.80. The number of nitrogens with zero attached hydrogens (tertiary/aromatic N) is 3. The Morgan fingerprint density at radius 1 is 1.30 bits per heavy atom. The molecule has 0 radical (unpaired) electrons. The summed E-state index contributed by atoms with van der Waals surface area (Å²) in [4.78, 5) is 22.6. The van der Waals surface area contributed by atoms with E-state index in [1.807, 2.05) is 0 Å². The number of amides is 1. The van der Waals surface area contributed by atoms with Crippen molar-refractivity contribution in [3.8, 4) is 6.07 Å². The van der Waals surface area contributed by atoms with Gasteiger partial charge in [-0.05, 0) is 30.5 Å². The molecule has 1 aromatic heterocycles. The predicted molar refractivity (Wildman–Crippen MR) is 98.4 cm³/mol. The highest BCUT2D eigenvalue weighted by Crippen LogP contribution is 2.34. The summed E-state index contributed by atoms with van der Waals surface area (Å²) in [6, 6.07) is 9.11. The number of carbonyl (C=O) groups excluding carboxylic acids is 1. The number of rotatable bonds is 6. The molecule has 8 heteroatoms. The van der Waals surface area contributed by atoms with Crippen molar-refractivity contribution >= 4 is 23.4 Å². The molecule has 0 saturated heterocycles. The molecule has 1 aliphatic carbocycles. The lowest BCUT2D eigenvalue weighted by Gasteiger charge is -2.26. The van der Waals surface area contributed by atoms with E-state index in [9.17, 15) is 14.9 Å². The van der Waals surface area contributed by atoms with E-state index in [2.05, 4.69) is 16.5 Å². The maximum Gasteiger partial charge on any atom is 0.307 e. The average molecular weight is 367 g/mol. The molecule has 2 aromatic rings. The number of anilines is 2. The largest absolute Gasteiger partial charge is 0.481 e. The quantitative estimate of drug-likeness (QED) is 0.718. The molecule has 0 aliphatic heterocycles. The van der Waals surface area contributed by atoms with Crippen LogP contribution in [0.25, 0.3) is 0 Å². The van der Waals surface area contributed by atoms with E-state index in [0.717, 1.165) is 25.7 Å². The Morgan fingerprint density at radius 2 is 2.00 bits per heavy atom. The third-order valence-electron chi connectivity index (χ3n) is 4.80. The molecule has 1 fully saturated rings. The van der Waals surface area contributed by atoms with Crippen LogP contribution in [0.15, 0.2) is 30.5 Å². The smallest absolute Gasteiger partial charge is 0.307 e. The van der Waals surface area contributed by atoms with Crippen LogP contribution in [0.2, 0.25) is 0 Å². The number of nitriles is 1. The summed E-state index contributed by atoms with van der Waals surface area (Å²) in [6.45, 7) is 0. The number of carboxylic acids is 1. The van der Waals surface area contributed by atoms with Crippen molar-refractivity contribution in [3.63, 3.8) is 0 Å². The van der Waals surface area contributed by atoms with Gasteiger partial charge < -0.3 is 16.2 Å². The molecule has 1 amide bonds. The van der Waals surface area contributed by atoms with Gasteiger partial charge >= 0.3 is 5.97 Å². The van der Waals surface area contributed by atoms with Crippen molar-refractivity contribution in [3.05, 3.63) is 41.6 Å². The summed E-state index contributed by atoms with van der Waals surface area (Å²) < 4.78 is 1.67. The highest BCUT2D eigenvalue weighted by Gasteiger charge is 2.28. The van der Waals surface area contributed by atoms with Gasteiger partial charge in [-0.1, -0.05) is 25.0 Å². The number of carbonyl (C=O) groups is 2. The lowest BCUT2D eigenvalue weighted by atomic mass is 9.85. The summed E-state index contributed by atoms with van der Waals surface area (Å²) in [5.41, 5.74) is 7.09. The number of hydrogen-bond donors (Lipinski definition) is 3. The summed E-state index contributed by atoms with van der Waals surface area (Å²) in [5.74, 6) is -1.31. The lowest BCUT2D eigenvalue weighted by Crippen LogP contribution is -2.22. The molecule has 0 spiro atoms. The Kier molecular flexibility index (Phi) is 5.41. The summed E-state index contributed by atoms with van der Waals surface area (Å²) in [5, 5.41) is 25.8. The molecule has 4 N–H and O–H groups in total. The van der Waals surface area contributed by atoms with E-state index in [0.29, 0.717) is 17.1 Å². The fourth-order valence-corrected chi connectivity index (χ4v) is 3.43. The third kappa shape index (κ3) is 4.26. The highest BCUT2D eigenvalue weighted by atomic mass is 16.4. The molecule has 27 heavy (non-hydrogen) atoms. The van der Waals surface area contributed by atoms with Crippen molar-refractivity contribution in [2.75, 3.05) is 5.32 Å². The van der Waals surface area contributed by atoms with Gasteiger partial charge in [-0.3, -0.25) is 14.3 Å². The molecule has 3 rings (SSSR count). The molecular formula is C19H21N5O3. The van der Waals surface area contributed by atoms with Gasteiger partial charge in [0, 0.05) is 11.9 Å². The average Bonchev–Trinajstić information content (AvgIpc) is 3.07. The van der Waals surface area contributed by atoms with Crippen molar-refractivity contribution in [2.24, 2.45) is 11.7 Å². The maximum atomic E-state index is 11.8. The second-order valence-corrected chi connectivity index (χ2v) is 6.72. The zero-order valence-electron chi connectivity index (χ0n) is 14.8. The van der Waals surface area contributed by atoms with Gasteiger partial charge in [0.15, 0.2) is 5.82 Å². The van der Waals surface area contributed by atoms with Crippen molar-refractivity contribution < 1.29 is 14.7 Å². The predicted octanol–water partition coefficient (Wildman–Crippen LogP) is 2.61. The second kappa shape index (κ2) is 7.91. The molecule has 140 valence electrons.